The van der Waals surface area contributed by atoms with Crippen LogP contribution in [0.3, 0.4) is 0 Å². The van der Waals surface area contributed by atoms with E-state index in [9.17, 15) is 0 Å². The molecule has 1 aromatic rings. The lowest BCUT2D eigenvalue weighted by Crippen LogP contribution is -1.98. The molecule has 0 saturated carbocycles. The first-order chi connectivity index (χ1) is 5.43. The van der Waals surface area contributed by atoms with Crippen LogP contribution in [-0.2, 0) is 0 Å². The lowest BCUT2D eigenvalue weighted by Gasteiger charge is -2.01. The second kappa shape index (κ2) is 4.66. The molecule has 0 fully saturated rings. The predicted octanol–water partition coefficient (Wildman–Crippen LogP) is 1.66. The van der Waals surface area contributed by atoms with Gasteiger partial charge in [-0.05, 0) is 6.42 Å². The molecule has 1 heterocycles. The van der Waals surface area contributed by atoms with Gasteiger partial charge in [0.1, 0.15) is 0 Å². The maximum Gasteiger partial charge on any atom is 0.232 e. The second-order valence-electron chi connectivity index (χ2n) is 2.25. The highest BCUT2D eigenvalue weighted by Gasteiger charge is 1.90. The maximum absolute atomic E-state index is 5.27. The lowest BCUT2D eigenvalue weighted by molar-refractivity contribution is 0.296. The van der Waals surface area contributed by atoms with Crippen LogP contribution >= 0.6 is 0 Å². The fraction of sp³-hybridized carbons (Fsp3) is 0.500. The van der Waals surface area contributed by atoms with Gasteiger partial charge in [-0.25, -0.2) is 4.98 Å². The van der Waals surface area contributed by atoms with Crippen molar-refractivity contribution in [2.45, 2.75) is 19.8 Å². The topological polar surface area (TPSA) is 35.0 Å². The van der Waals surface area contributed by atoms with E-state index in [0.29, 0.717) is 5.88 Å². The first-order valence-corrected chi connectivity index (χ1v) is 3.82. The van der Waals surface area contributed by atoms with Crippen LogP contribution in [0.5, 0.6) is 5.88 Å². The summed E-state index contributed by atoms with van der Waals surface area (Å²) in [5, 5.41) is 0. The van der Waals surface area contributed by atoms with E-state index in [1.807, 2.05) is 0 Å². The molecule has 0 amide bonds. The van der Waals surface area contributed by atoms with Crippen molar-refractivity contribution < 1.29 is 4.74 Å². The summed E-state index contributed by atoms with van der Waals surface area (Å²) >= 11 is 0. The van der Waals surface area contributed by atoms with Gasteiger partial charge in [-0.1, -0.05) is 13.3 Å². The highest BCUT2D eigenvalue weighted by atomic mass is 16.5. The van der Waals surface area contributed by atoms with Gasteiger partial charge < -0.3 is 4.74 Å². The molecule has 1 rings (SSSR count). The summed E-state index contributed by atoms with van der Waals surface area (Å²) in [6.07, 6.45) is 7.08. The maximum atomic E-state index is 5.27. The van der Waals surface area contributed by atoms with E-state index >= 15 is 0 Å². The molecule has 0 unspecified atom stereocenters. The fourth-order valence-electron chi connectivity index (χ4n) is 0.681. The monoisotopic (exact) mass is 152 g/mol. The van der Waals surface area contributed by atoms with Gasteiger partial charge in [0.2, 0.25) is 5.88 Å². The number of hydrogen-bond acceptors (Lipinski definition) is 3. The van der Waals surface area contributed by atoms with Crippen LogP contribution in [0.2, 0.25) is 0 Å². The number of unbranched alkanes of at least 4 members (excludes halogenated alkanes) is 1. The van der Waals surface area contributed by atoms with Gasteiger partial charge in [-0.2, -0.15) is 0 Å². The van der Waals surface area contributed by atoms with Gasteiger partial charge in [0.25, 0.3) is 0 Å². The molecule has 1 aromatic heterocycles. The largest absolute Gasteiger partial charge is 0.477 e. The molecule has 3 heteroatoms. The number of aromatic nitrogens is 2. The molecular formula is C8H12N2O. The molecule has 0 spiro atoms. The SMILES string of the molecule is CCCCOc1cnccn1. The summed E-state index contributed by atoms with van der Waals surface area (Å²) in [6, 6.07) is 0. The summed E-state index contributed by atoms with van der Waals surface area (Å²) < 4.78 is 5.27. The molecule has 0 aliphatic carbocycles. The molecule has 60 valence electrons. The molecule has 0 aliphatic rings. The van der Waals surface area contributed by atoms with Gasteiger partial charge in [-0.3, -0.25) is 4.98 Å². The quantitative estimate of drug-likeness (QED) is 0.615. The van der Waals surface area contributed by atoms with E-state index in [1.54, 1.807) is 18.6 Å². The summed E-state index contributed by atoms with van der Waals surface area (Å²) in [5.74, 6) is 0.612. The van der Waals surface area contributed by atoms with Gasteiger partial charge in [0.05, 0.1) is 12.8 Å². The Bertz CT molecular complexity index is 189. The standard InChI is InChI=1S/C8H12N2O/c1-2-3-6-11-8-7-9-4-5-10-8/h4-5,7H,2-3,6H2,1H3. The summed E-state index contributed by atoms with van der Waals surface area (Å²) in [5.41, 5.74) is 0. The van der Waals surface area contributed by atoms with Crippen molar-refractivity contribution in [1.82, 2.24) is 9.97 Å². The molecule has 0 aromatic carbocycles. The average molecular weight is 152 g/mol. The molecule has 0 bridgehead atoms. The zero-order valence-electron chi connectivity index (χ0n) is 6.66. The summed E-state index contributed by atoms with van der Waals surface area (Å²) in [7, 11) is 0. The lowest BCUT2D eigenvalue weighted by atomic mass is 10.4. The average Bonchev–Trinajstić information content (AvgIpc) is 2.07. The molecule has 0 saturated heterocycles. The molecule has 0 aliphatic heterocycles. The first-order valence-electron chi connectivity index (χ1n) is 3.82. The van der Waals surface area contributed by atoms with Crippen molar-refractivity contribution in [3.8, 4) is 5.88 Å². The number of rotatable bonds is 4. The van der Waals surface area contributed by atoms with Crippen LogP contribution in [0.15, 0.2) is 18.6 Å². The third-order valence-electron chi connectivity index (χ3n) is 1.29. The van der Waals surface area contributed by atoms with E-state index in [4.69, 9.17) is 4.74 Å². The highest BCUT2D eigenvalue weighted by Crippen LogP contribution is 2.01. The van der Waals surface area contributed by atoms with E-state index in [2.05, 4.69) is 16.9 Å². The van der Waals surface area contributed by atoms with Crippen molar-refractivity contribution in [3.63, 3.8) is 0 Å². The Morgan fingerprint density at radius 3 is 3.00 bits per heavy atom. The molecule has 11 heavy (non-hydrogen) atoms. The van der Waals surface area contributed by atoms with Crippen LogP contribution in [0.4, 0.5) is 0 Å². The van der Waals surface area contributed by atoms with Gasteiger partial charge in [0, 0.05) is 12.4 Å². The third kappa shape index (κ3) is 2.98. The number of nitrogens with zero attached hydrogens (tertiary/aromatic N) is 2. The third-order valence-corrected chi connectivity index (χ3v) is 1.29. The Balaban J connectivity index is 2.28. The highest BCUT2D eigenvalue weighted by molar-refractivity contribution is 5.00. The first kappa shape index (κ1) is 7.98. The minimum absolute atomic E-state index is 0.612. The predicted molar refractivity (Wildman–Crippen MR) is 42.4 cm³/mol. The van der Waals surface area contributed by atoms with Crippen molar-refractivity contribution in [2.24, 2.45) is 0 Å². The minimum atomic E-state index is 0.612. The Morgan fingerprint density at radius 1 is 1.45 bits per heavy atom. The smallest absolute Gasteiger partial charge is 0.232 e. The Labute approximate surface area is 66.4 Å². The number of ether oxygens (including phenoxy) is 1. The molecule has 0 atom stereocenters. The normalized spacial score (nSPS) is 9.55. The fourth-order valence-corrected chi connectivity index (χ4v) is 0.681. The van der Waals surface area contributed by atoms with E-state index in [-0.39, 0.29) is 0 Å². The van der Waals surface area contributed by atoms with Crippen LogP contribution in [0, 0.1) is 0 Å². The van der Waals surface area contributed by atoms with E-state index < -0.39 is 0 Å². The molecule has 3 nitrogen and oxygen atoms in total. The second-order valence-corrected chi connectivity index (χ2v) is 2.25. The van der Waals surface area contributed by atoms with Gasteiger partial charge in [-0.15, -0.1) is 0 Å². The Kier molecular flexibility index (Phi) is 3.38. The summed E-state index contributed by atoms with van der Waals surface area (Å²) in [4.78, 5) is 7.84. The van der Waals surface area contributed by atoms with Crippen LogP contribution in [0.25, 0.3) is 0 Å². The Hall–Kier alpha value is -1.12. The number of hydrogen-bond donors (Lipinski definition) is 0. The van der Waals surface area contributed by atoms with Gasteiger partial charge >= 0.3 is 0 Å². The zero-order valence-corrected chi connectivity index (χ0v) is 6.66. The Morgan fingerprint density at radius 2 is 2.36 bits per heavy atom. The van der Waals surface area contributed by atoms with Crippen molar-refractivity contribution in [2.75, 3.05) is 6.61 Å². The van der Waals surface area contributed by atoms with E-state index in [0.717, 1.165) is 19.4 Å². The van der Waals surface area contributed by atoms with Gasteiger partial charge in [0.15, 0.2) is 0 Å². The van der Waals surface area contributed by atoms with Crippen molar-refractivity contribution in [3.05, 3.63) is 18.6 Å². The zero-order chi connectivity index (χ0) is 7.94. The van der Waals surface area contributed by atoms with E-state index in [1.165, 1.54) is 0 Å². The van der Waals surface area contributed by atoms with Crippen LogP contribution < -0.4 is 4.74 Å². The van der Waals surface area contributed by atoms with Crippen molar-refractivity contribution in [1.29, 1.82) is 0 Å². The van der Waals surface area contributed by atoms with Crippen molar-refractivity contribution >= 4 is 0 Å². The molecule has 0 N–H and O–H groups in total. The molecule has 0 radical (unpaired) electrons. The molecular weight excluding hydrogens is 140 g/mol. The summed E-state index contributed by atoms with van der Waals surface area (Å²) in [6.45, 7) is 2.86. The van der Waals surface area contributed by atoms with Crippen LogP contribution in [0.1, 0.15) is 19.8 Å². The minimum Gasteiger partial charge on any atom is -0.477 e. The van der Waals surface area contributed by atoms with Crippen LogP contribution in [-0.4, -0.2) is 16.6 Å².